The summed E-state index contributed by atoms with van der Waals surface area (Å²) < 4.78 is 69.0. The maximum absolute atomic E-state index is 13.9. The van der Waals surface area contributed by atoms with E-state index in [1.165, 1.54) is 30.3 Å². The van der Waals surface area contributed by atoms with Crippen molar-refractivity contribution in [1.82, 2.24) is 20.0 Å². The molecule has 1 aliphatic heterocycles. The highest BCUT2D eigenvalue weighted by atomic mass is 19.4. The average molecular weight is 547 g/mol. The molecule has 4 nitrogen and oxygen atoms in total. The number of nitrogens with zero attached hydrogens (tertiary/aromatic N) is 3. The normalized spacial score (nSPS) is 16.3. The number of benzene rings is 3. The highest BCUT2D eigenvalue weighted by Gasteiger charge is 2.35. The molecular weight excluding hydrogens is 511 g/mol. The third kappa shape index (κ3) is 7.42. The molecular formula is C30H35F5N4. The van der Waals surface area contributed by atoms with Gasteiger partial charge in [-0.25, -0.2) is 8.78 Å². The molecule has 1 atom stereocenters. The summed E-state index contributed by atoms with van der Waals surface area (Å²) >= 11 is 0. The number of nitrogens with one attached hydrogen (secondary N) is 1. The van der Waals surface area contributed by atoms with Gasteiger partial charge in [-0.15, -0.1) is 0 Å². The summed E-state index contributed by atoms with van der Waals surface area (Å²) in [6, 6.07) is 16.6. The Morgan fingerprint density at radius 3 is 1.77 bits per heavy atom. The van der Waals surface area contributed by atoms with E-state index in [4.69, 9.17) is 0 Å². The monoisotopic (exact) mass is 546 g/mol. The maximum Gasteiger partial charge on any atom is 0.416 e. The van der Waals surface area contributed by atoms with Gasteiger partial charge in [0.1, 0.15) is 11.6 Å². The Hall–Kier alpha value is -2.85. The Bertz CT molecular complexity index is 1160. The van der Waals surface area contributed by atoms with E-state index < -0.39 is 11.7 Å². The lowest BCUT2D eigenvalue weighted by Gasteiger charge is -2.40. The predicted octanol–water partition coefficient (Wildman–Crippen LogP) is 5.71. The summed E-state index contributed by atoms with van der Waals surface area (Å²) in [6.07, 6.45) is -4.44. The van der Waals surface area contributed by atoms with E-state index in [0.29, 0.717) is 32.7 Å². The van der Waals surface area contributed by atoms with Crippen LogP contribution in [0.4, 0.5) is 22.0 Å². The van der Waals surface area contributed by atoms with Gasteiger partial charge in [-0.2, -0.15) is 13.2 Å². The molecule has 1 fully saturated rings. The number of halogens is 5. The van der Waals surface area contributed by atoms with E-state index in [1.807, 2.05) is 30.9 Å². The topological polar surface area (TPSA) is 21.8 Å². The Kier molecular flexibility index (Phi) is 9.38. The second-order valence-electron chi connectivity index (χ2n) is 10.3. The van der Waals surface area contributed by atoms with Gasteiger partial charge in [0, 0.05) is 45.3 Å². The third-order valence-electron chi connectivity index (χ3n) is 7.27. The summed E-state index contributed by atoms with van der Waals surface area (Å²) in [7, 11) is 5.67. The Morgan fingerprint density at radius 2 is 1.31 bits per heavy atom. The molecule has 1 heterocycles. The van der Waals surface area contributed by atoms with Crippen molar-refractivity contribution >= 4 is 0 Å². The number of hydrogen-bond acceptors (Lipinski definition) is 4. The van der Waals surface area contributed by atoms with Crippen LogP contribution in [0.15, 0.2) is 66.7 Å². The maximum atomic E-state index is 13.9. The molecule has 1 N–H and O–H groups in total. The molecule has 1 unspecified atom stereocenters. The quantitative estimate of drug-likeness (QED) is 0.347. The minimum atomic E-state index is -4.44. The van der Waals surface area contributed by atoms with Crippen LogP contribution < -0.4 is 5.32 Å². The van der Waals surface area contributed by atoms with Crippen molar-refractivity contribution in [1.29, 1.82) is 0 Å². The van der Waals surface area contributed by atoms with Crippen molar-refractivity contribution in [2.24, 2.45) is 0 Å². The Labute approximate surface area is 227 Å². The lowest BCUT2D eigenvalue weighted by Crippen LogP contribution is -2.47. The zero-order valence-corrected chi connectivity index (χ0v) is 22.5. The Balaban J connectivity index is 1.54. The molecule has 0 bridgehead atoms. The standard InChI is InChI=1S/C30H35F5N4/c1-36-28(20-37(2)3)23-8-13-27(30(33,34)35)24(18-23)19-38-14-16-39(17-15-38)29(21-4-9-25(31)10-5-21)22-6-11-26(32)12-7-22/h4-13,18,28-29,36H,14-17,19-20H2,1-3H3. The van der Waals surface area contributed by atoms with E-state index in [1.54, 1.807) is 36.4 Å². The van der Waals surface area contributed by atoms with E-state index >= 15 is 0 Å². The van der Waals surface area contributed by atoms with Gasteiger partial charge in [0.25, 0.3) is 0 Å². The molecule has 0 saturated carbocycles. The van der Waals surface area contributed by atoms with Crippen molar-refractivity contribution in [2.45, 2.75) is 24.8 Å². The van der Waals surface area contributed by atoms with Gasteiger partial charge in [-0.05, 0) is 73.7 Å². The van der Waals surface area contributed by atoms with E-state index in [9.17, 15) is 22.0 Å². The molecule has 4 rings (SSSR count). The van der Waals surface area contributed by atoms with Crippen LogP contribution in [0.3, 0.4) is 0 Å². The smallest absolute Gasteiger partial charge is 0.312 e. The van der Waals surface area contributed by atoms with Crippen LogP contribution >= 0.6 is 0 Å². The van der Waals surface area contributed by atoms with Crippen LogP contribution in [0.5, 0.6) is 0 Å². The molecule has 9 heteroatoms. The molecule has 3 aromatic rings. The van der Waals surface area contributed by atoms with Crippen molar-refractivity contribution < 1.29 is 22.0 Å². The first kappa shape index (κ1) is 29.1. The second kappa shape index (κ2) is 12.6. The fourth-order valence-corrected chi connectivity index (χ4v) is 5.29. The molecule has 0 aromatic heterocycles. The van der Waals surface area contributed by atoms with Crippen molar-refractivity contribution in [2.75, 3.05) is 53.9 Å². The van der Waals surface area contributed by atoms with Crippen molar-refractivity contribution in [3.63, 3.8) is 0 Å². The van der Waals surface area contributed by atoms with Crippen molar-refractivity contribution in [3.8, 4) is 0 Å². The molecule has 0 radical (unpaired) electrons. The first-order valence-corrected chi connectivity index (χ1v) is 13.0. The lowest BCUT2D eigenvalue weighted by atomic mass is 9.96. The highest BCUT2D eigenvalue weighted by Crippen LogP contribution is 2.35. The van der Waals surface area contributed by atoms with Gasteiger partial charge >= 0.3 is 6.18 Å². The second-order valence-corrected chi connectivity index (χ2v) is 10.3. The first-order chi connectivity index (χ1) is 18.5. The molecule has 0 aliphatic carbocycles. The zero-order valence-electron chi connectivity index (χ0n) is 22.5. The summed E-state index contributed by atoms with van der Waals surface area (Å²) in [4.78, 5) is 6.25. The number of piperazine rings is 1. The Morgan fingerprint density at radius 1 is 0.795 bits per heavy atom. The van der Waals surface area contributed by atoms with Crippen LogP contribution in [0.25, 0.3) is 0 Å². The average Bonchev–Trinajstić information content (AvgIpc) is 2.90. The van der Waals surface area contributed by atoms with E-state index in [0.717, 1.165) is 16.7 Å². The zero-order chi connectivity index (χ0) is 28.2. The molecule has 210 valence electrons. The molecule has 3 aromatic carbocycles. The number of rotatable bonds is 9. The summed E-state index contributed by atoms with van der Waals surface area (Å²) in [6.45, 7) is 3.17. The molecule has 39 heavy (non-hydrogen) atoms. The van der Waals surface area contributed by atoms with Gasteiger partial charge in [0.05, 0.1) is 11.6 Å². The van der Waals surface area contributed by atoms with Gasteiger partial charge in [-0.3, -0.25) is 9.80 Å². The predicted molar refractivity (Wildman–Crippen MR) is 143 cm³/mol. The van der Waals surface area contributed by atoms with Gasteiger partial charge in [-0.1, -0.05) is 36.4 Å². The SMILES string of the molecule is CNC(CN(C)C)c1ccc(C(F)(F)F)c(CN2CCN(C(c3ccc(F)cc3)c3ccc(F)cc3)CC2)c1. The number of hydrogen-bond donors (Lipinski definition) is 1. The van der Waals surface area contributed by atoms with Crippen molar-refractivity contribution in [3.05, 3.63) is 106 Å². The molecule has 1 saturated heterocycles. The fraction of sp³-hybridized carbons (Fsp3) is 0.400. The minimum Gasteiger partial charge on any atom is -0.312 e. The summed E-state index contributed by atoms with van der Waals surface area (Å²) in [5.41, 5.74) is 2.23. The van der Waals surface area contributed by atoms with Crippen LogP contribution in [-0.2, 0) is 12.7 Å². The molecule has 0 spiro atoms. The largest absolute Gasteiger partial charge is 0.416 e. The summed E-state index contributed by atoms with van der Waals surface area (Å²) in [5, 5.41) is 3.20. The van der Waals surface area contributed by atoms with E-state index in [-0.39, 0.29) is 35.8 Å². The van der Waals surface area contributed by atoms with Gasteiger partial charge in [0.2, 0.25) is 0 Å². The fourth-order valence-electron chi connectivity index (χ4n) is 5.29. The van der Waals surface area contributed by atoms with Gasteiger partial charge in [0.15, 0.2) is 0 Å². The number of likely N-dealkylation sites (N-methyl/N-ethyl adjacent to an activating group) is 2. The molecule has 0 amide bonds. The minimum absolute atomic E-state index is 0.0925. The van der Waals surface area contributed by atoms with Gasteiger partial charge < -0.3 is 10.2 Å². The first-order valence-electron chi connectivity index (χ1n) is 13.0. The number of alkyl halides is 3. The van der Waals surface area contributed by atoms with Crippen LogP contribution in [0.2, 0.25) is 0 Å². The summed E-state index contributed by atoms with van der Waals surface area (Å²) in [5.74, 6) is -0.676. The highest BCUT2D eigenvalue weighted by molar-refractivity contribution is 5.36. The van der Waals surface area contributed by atoms with Crippen LogP contribution in [-0.4, -0.2) is 68.6 Å². The third-order valence-corrected chi connectivity index (χ3v) is 7.27. The lowest BCUT2D eigenvalue weighted by molar-refractivity contribution is -0.138. The molecule has 1 aliphatic rings. The van der Waals surface area contributed by atoms with E-state index in [2.05, 4.69) is 10.2 Å². The van der Waals surface area contributed by atoms with Crippen LogP contribution in [0.1, 0.15) is 39.9 Å². The van der Waals surface area contributed by atoms with Crippen LogP contribution in [0, 0.1) is 11.6 Å².